The Morgan fingerprint density at radius 3 is 2.71 bits per heavy atom. The van der Waals surface area contributed by atoms with Crippen molar-refractivity contribution < 1.29 is 18.7 Å². The van der Waals surface area contributed by atoms with Crippen LogP contribution in [0.25, 0.3) is 0 Å². The molecule has 1 spiro atoms. The molecule has 1 aromatic carbocycles. The topological polar surface area (TPSA) is 38.8 Å². The van der Waals surface area contributed by atoms with Crippen LogP contribution in [0.1, 0.15) is 51.2 Å². The van der Waals surface area contributed by atoms with Crippen LogP contribution in [-0.4, -0.2) is 36.1 Å². The summed E-state index contributed by atoms with van der Waals surface area (Å²) in [6.45, 7) is 8.59. The maximum atomic E-state index is 13.6. The van der Waals surface area contributed by atoms with Gasteiger partial charge in [0.2, 0.25) is 0 Å². The molecule has 0 radical (unpaired) electrons. The van der Waals surface area contributed by atoms with Crippen molar-refractivity contribution in [2.75, 3.05) is 19.6 Å². The summed E-state index contributed by atoms with van der Waals surface area (Å²) >= 11 is 0. The van der Waals surface area contributed by atoms with Gasteiger partial charge in [0.05, 0.1) is 18.6 Å². The molecule has 0 atom stereocenters. The van der Waals surface area contributed by atoms with Crippen LogP contribution in [0.4, 0.5) is 4.39 Å². The van der Waals surface area contributed by atoms with Gasteiger partial charge in [-0.1, -0.05) is 6.07 Å². The Morgan fingerprint density at radius 2 is 2.04 bits per heavy atom. The molecule has 0 aromatic heterocycles. The molecule has 132 valence electrons. The average Bonchev–Trinajstić information content (AvgIpc) is 2.83. The van der Waals surface area contributed by atoms with Gasteiger partial charge in [0, 0.05) is 19.6 Å². The van der Waals surface area contributed by atoms with Crippen LogP contribution in [0, 0.1) is 5.82 Å². The molecule has 1 fully saturated rings. The summed E-state index contributed by atoms with van der Waals surface area (Å²) in [6, 6.07) is 4.95. The lowest BCUT2D eigenvalue weighted by Gasteiger charge is -2.39. The predicted octanol–water partition coefficient (Wildman–Crippen LogP) is 3.38. The van der Waals surface area contributed by atoms with Crippen molar-refractivity contribution in [2.45, 2.75) is 57.8 Å². The normalized spacial score (nSPS) is 20.2. The molecule has 0 amide bonds. The number of esters is 1. The number of piperidine rings is 1. The van der Waals surface area contributed by atoms with E-state index >= 15 is 0 Å². The van der Waals surface area contributed by atoms with Crippen molar-refractivity contribution in [1.82, 2.24) is 4.90 Å². The smallest absolute Gasteiger partial charge is 0.307 e. The maximum Gasteiger partial charge on any atom is 0.307 e. The highest BCUT2D eigenvalue weighted by atomic mass is 19.1. The van der Waals surface area contributed by atoms with Gasteiger partial charge in [0.25, 0.3) is 0 Å². The van der Waals surface area contributed by atoms with E-state index in [9.17, 15) is 9.18 Å². The van der Waals surface area contributed by atoms with E-state index < -0.39 is 5.60 Å². The second-order valence-electron chi connectivity index (χ2n) is 7.76. The lowest BCUT2D eigenvalue weighted by atomic mass is 9.83. The van der Waals surface area contributed by atoms with Gasteiger partial charge >= 0.3 is 5.97 Å². The summed E-state index contributed by atoms with van der Waals surface area (Å²) in [7, 11) is 0. The van der Waals surface area contributed by atoms with E-state index in [0.29, 0.717) is 19.6 Å². The Morgan fingerprint density at radius 1 is 1.33 bits per heavy atom. The van der Waals surface area contributed by atoms with Crippen LogP contribution in [0.2, 0.25) is 0 Å². The summed E-state index contributed by atoms with van der Waals surface area (Å²) in [5.41, 5.74) is 1.32. The number of ether oxygens (including phenoxy) is 2. The van der Waals surface area contributed by atoms with Gasteiger partial charge in [-0.05, 0) is 56.9 Å². The molecule has 0 bridgehead atoms. The fraction of sp³-hybridized carbons (Fsp3) is 0.632. The number of rotatable bonds is 3. The molecule has 0 N–H and O–H groups in total. The second-order valence-corrected chi connectivity index (χ2v) is 7.76. The van der Waals surface area contributed by atoms with Gasteiger partial charge in [-0.25, -0.2) is 4.39 Å². The SMILES string of the molecule is CC(C)(C)OC(=O)CCN1CCC2(CC1)OCc1ccc(F)cc12. The highest BCUT2D eigenvalue weighted by Gasteiger charge is 2.42. The highest BCUT2D eigenvalue weighted by molar-refractivity contribution is 5.70. The summed E-state index contributed by atoms with van der Waals surface area (Å²) in [6.07, 6.45) is 2.06. The van der Waals surface area contributed by atoms with Crippen molar-refractivity contribution in [3.8, 4) is 0 Å². The number of carbonyl (C=O) groups excluding carboxylic acids is 1. The summed E-state index contributed by atoms with van der Waals surface area (Å²) in [5, 5.41) is 0. The molecule has 1 aromatic rings. The summed E-state index contributed by atoms with van der Waals surface area (Å²) < 4.78 is 25.0. The molecule has 2 aliphatic heterocycles. The zero-order chi connectivity index (χ0) is 17.4. The first-order valence-electron chi connectivity index (χ1n) is 8.65. The molecule has 0 saturated carbocycles. The number of hydrogen-bond acceptors (Lipinski definition) is 4. The summed E-state index contributed by atoms with van der Waals surface area (Å²) in [5.74, 6) is -0.363. The van der Waals surface area contributed by atoms with Gasteiger partial charge in [0.15, 0.2) is 0 Å². The summed E-state index contributed by atoms with van der Waals surface area (Å²) in [4.78, 5) is 14.1. The highest BCUT2D eigenvalue weighted by Crippen LogP contribution is 2.44. The monoisotopic (exact) mass is 335 g/mol. The van der Waals surface area contributed by atoms with Gasteiger partial charge in [-0.2, -0.15) is 0 Å². The Balaban J connectivity index is 1.54. The van der Waals surface area contributed by atoms with Crippen LogP contribution < -0.4 is 0 Å². The zero-order valence-corrected chi connectivity index (χ0v) is 14.7. The first kappa shape index (κ1) is 17.4. The van der Waals surface area contributed by atoms with Crippen molar-refractivity contribution in [3.63, 3.8) is 0 Å². The first-order chi connectivity index (χ1) is 11.3. The molecule has 1 saturated heterocycles. The Bertz CT molecular complexity index is 616. The molecule has 4 nitrogen and oxygen atoms in total. The van der Waals surface area contributed by atoms with Crippen molar-refractivity contribution in [2.24, 2.45) is 0 Å². The average molecular weight is 335 g/mol. The second kappa shape index (κ2) is 6.45. The molecule has 0 unspecified atom stereocenters. The molecular weight excluding hydrogens is 309 g/mol. The van der Waals surface area contributed by atoms with Gasteiger partial charge in [0.1, 0.15) is 11.4 Å². The Hall–Kier alpha value is -1.46. The molecular formula is C19H26FNO3. The molecule has 0 aliphatic carbocycles. The standard InChI is InChI=1S/C19H26FNO3/c1-18(2,3)24-17(22)6-9-21-10-7-19(8-11-21)16-12-15(20)5-4-14(16)13-23-19/h4-5,12H,6-11,13H2,1-3H3. The quantitative estimate of drug-likeness (QED) is 0.794. The van der Waals surface area contributed by atoms with Gasteiger partial charge < -0.3 is 14.4 Å². The van der Waals surface area contributed by atoms with E-state index in [-0.39, 0.29) is 17.4 Å². The number of carbonyl (C=O) groups is 1. The lowest BCUT2D eigenvalue weighted by Crippen LogP contribution is -2.43. The van der Waals surface area contributed by atoms with Crippen molar-refractivity contribution >= 4 is 5.97 Å². The fourth-order valence-electron chi connectivity index (χ4n) is 3.59. The van der Waals surface area contributed by atoms with Crippen LogP contribution in [0.5, 0.6) is 0 Å². The largest absolute Gasteiger partial charge is 0.460 e. The Labute approximate surface area is 142 Å². The van der Waals surface area contributed by atoms with E-state index in [4.69, 9.17) is 9.47 Å². The minimum absolute atomic E-state index is 0.160. The number of fused-ring (bicyclic) bond motifs is 2. The van der Waals surface area contributed by atoms with E-state index in [1.807, 2.05) is 26.8 Å². The van der Waals surface area contributed by atoms with Crippen LogP contribution in [-0.2, 0) is 26.5 Å². The molecule has 2 aliphatic rings. The minimum Gasteiger partial charge on any atom is -0.460 e. The predicted molar refractivity (Wildman–Crippen MR) is 89.0 cm³/mol. The maximum absolute atomic E-state index is 13.6. The van der Waals surface area contributed by atoms with Crippen molar-refractivity contribution in [3.05, 3.63) is 35.1 Å². The lowest BCUT2D eigenvalue weighted by molar-refractivity contribution is -0.155. The van der Waals surface area contributed by atoms with Crippen LogP contribution >= 0.6 is 0 Å². The van der Waals surface area contributed by atoms with E-state index in [0.717, 1.165) is 37.1 Å². The van der Waals surface area contributed by atoms with E-state index in [1.165, 1.54) is 6.07 Å². The van der Waals surface area contributed by atoms with E-state index in [2.05, 4.69) is 4.90 Å². The third kappa shape index (κ3) is 3.78. The van der Waals surface area contributed by atoms with Gasteiger partial charge in [-0.3, -0.25) is 4.79 Å². The number of halogens is 1. The van der Waals surface area contributed by atoms with E-state index in [1.54, 1.807) is 6.07 Å². The Kier molecular flexibility index (Phi) is 4.67. The third-order valence-electron chi connectivity index (χ3n) is 4.78. The number of benzene rings is 1. The molecule has 24 heavy (non-hydrogen) atoms. The molecule has 2 heterocycles. The third-order valence-corrected chi connectivity index (χ3v) is 4.78. The van der Waals surface area contributed by atoms with Gasteiger partial charge in [-0.15, -0.1) is 0 Å². The molecule has 3 rings (SSSR count). The molecule has 5 heteroatoms. The first-order valence-corrected chi connectivity index (χ1v) is 8.65. The minimum atomic E-state index is -0.436. The van der Waals surface area contributed by atoms with Crippen molar-refractivity contribution in [1.29, 1.82) is 0 Å². The number of nitrogens with zero attached hydrogens (tertiary/aromatic N) is 1. The fourth-order valence-corrected chi connectivity index (χ4v) is 3.59. The number of likely N-dealkylation sites (tertiary alicyclic amines) is 1. The zero-order valence-electron chi connectivity index (χ0n) is 14.7. The van der Waals surface area contributed by atoms with Crippen LogP contribution in [0.15, 0.2) is 18.2 Å². The van der Waals surface area contributed by atoms with Crippen LogP contribution in [0.3, 0.4) is 0 Å². The number of hydrogen-bond donors (Lipinski definition) is 0.